The Bertz CT molecular complexity index is 102. The molecule has 4 heteroatoms. The summed E-state index contributed by atoms with van der Waals surface area (Å²) in [6.07, 6.45) is 0. The van der Waals surface area contributed by atoms with Crippen molar-refractivity contribution in [2.45, 2.75) is 17.8 Å². The fourth-order valence-electron chi connectivity index (χ4n) is 0.0617. The fourth-order valence-corrected chi connectivity index (χ4v) is 0.321. The molecule has 0 aliphatic heterocycles. The summed E-state index contributed by atoms with van der Waals surface area (Å²) in [5, 5.41) is 8.63. The van der Waals surface area contributed by atoms with Crippen molar-refractivity contribution in [2.75, 3.05) is 0 Å². The molecule has 0 unspecified atom stereocenters. The minimum absolute atomic E-state index is 0.336. The second-order valence-electron chi connectivity index (χ2n) is 1.87. The van der Waals surface area contributed by atoms with Gasteiger partial charge in [-0.3, -0.25) is 0 Å². The quantitative estimate of drug-likeness (QED) is 0.558. The van der Waals surface area contributed by atoms with Gasteiger partial charge in [-0.2, -0.15) is 0 Å². The molecule has 0 fully saturated rings. The monoisotopic (exact) mass is 182 g/mol. The number of carbonyl (C=O) groups is 1. The van der Waals surface area contributed by atoms with Gasteiger partial charge in [-0.1, -0.05) is 0 Å². The normalized spacial score (nSPS) is 17.4. The van der Waals surface area contributed by atoms with Gasteiger partial charge in [0.1, 0.15) is 0 Å². The summed E-state index contributed by atoms with van der Waals surface area (Å²) >= 11 is 2.56. The summed E-state index contributed by atoms with van der Waals surface area (Å²) in [4.78, 5) is 10.1. The zero-order valence-electron chi connectivity index (χ0n) is 4.55. The van der Waals surface area contributed by atoms with Crippen LogP contribution < -0.4 is 5.73 Å². The third kappa shape index (κ3) is 1.82. The van der Waals surface area contributed by atoms with Crippen LogP contribution in [0, 0.1) is 0 Å². The van der Waals surface area contributed by atoms with Crippen molar-refractivity contribution in [1.29, 1.82) is 0 Å². The molecule has 1 radical (unpaired) electrons. The van der Waals surface area contributed by atoms with E-state index in [1.54, 1.807) is 0 Å². The van der Waals surface area contributed by atoms with Gasteiger partial charge in [0, 0.05) is 0 Å². The topological polar surface area (TPSA) is 63.3 Å². The van der Waals surface area contributed by atoms with E-state index in [-0.39, 0.29) is 0 Å². The van der Waals surface area contributed by atoms with E-state index in [0.717, 1.165) is 0 Å². The van der Waals surface area contributed by atoms with E-state index in [0.29, 0.717) is 5.32 Å². The first-order chi connectivity index (χ1) is 3.50. The van der Waals surface area contributed by atoms with E-state index in [9.17, 15) is 4.79 Å². The van der Waals surface area contributed by atoms with Gasteiger partial charge in [0.05, 0.1) is 0 Å². The molecule has 0 amide bonds. The van der Waals surface area contributed by atoms with E-state index in [2.05, 4.69) is 16.0 Å². The van der Waals surface area contributed by atoms with Gasteiger partial charge >= 0.3 is 55.4 Å². The Morgan fingerprint density at radius 3 is 2.38 bits per heavy atom. The third-order valence-electron chi connectivity index (χ3n) is 0.788. The van der Waals surface area contributed by atoms with Crippen molar-refractivity contribution in [3.63, 3.8) is 0 Å². The van der Waals surface area contributed by atoms with Crippen LogP contribution >= 0.6 is 0 Å². The summed E-state index contributed by atoms with van der Waals surface area (Å²) in [7, 11) is 0. The molecule has 0 aromatic heterocycles. The zero-order valence-corrected chi connectivity index (χ0v) is 6.26. The first-order valence-corrected chi connectivity index (χ1v) is 3.32. The second kappa shape index (κ2) is 2.48. The molecule has 3 nitrogen and oxygen atoms in total. The van der Waals surface area contributed by atoms with E-state index in [1.807, 2.05) is 0 Å². The molecule has 0 spiro atoms. The molecule has 1 atom stereocenters. The Kier molecular flexibility index (Phi) is 2.47. The molecule has 0 saturated carbocycles. The number of carboxylic acids is 1. The zero-order chi connectivity index (χ0) is 6.78. The first-order valence-electron chi connectivity index (χ1n) is 2.11. The summed E-state index contributed by atoms with van der Waals surface area (Å²) in [5.41, 5.74) is 4.13. The molecule has 0 bridgehead atoms. The average Bonchev–Trinajstić information content (AvgIpc) is 1.67. The molecule has 0 rings (SSSR count). The van der Waals surface area contributed by atoms with Crippen LogP contribution in [-0.4, -0.2) is 32.6 Å². The van der Waals surface area contributed by atoms with Gasteiger partial charge in [0.25, 0.3) is 0 Å². The predicted molar refractivity (Wildman–Crippen MR) is 30.8 cm³/mol. The Hall–Kier alpha value is -0.0505. The Morgan fingerprint density at radius 2 is 2.38 bits per heavy atom. The second-order valence-corrected chi connectivity index (χ2v) is 2.47. The van der Waals surface area contributed by atoms with Crippen LogP contribution in [0.4, 0.5) is 0 Å². The molecular weight excluding hydrogens is 173 g/mol. The van der Waals surface area contributed by atoms with Crippen LogP contribution in [-0.2, 0) is 4.79 Å². The molecule has 0 saturated heterocycles. The summed E-state index contributed by atoms with van der Waals surface area (Å²) in [5.74, 6) is -0.976. The van der Waals surface area contributed by atoms with E-state index >= 15 is 0 Å². The summed E-state index contributed by atoms with van der Waals surface area (Å²) < 4.78 is 0. The molecule has 0 aromatic rings. The van der Waals surface area contributed by atoms with Crippen LogP contribution in [0.5, 0.6) is 0 Å². The van der Waals surface area contributed by atoms with Crippen molar-refractivity contribution in [3.8, 4) is 0 Å². The van der Waals surface area contributed by atoms with E-state index in [1.165, 1.54) is 6.92 Å². The van der Waals surface area contributed by atoms with Crippen molar-refractivity contribution < 1.29 is 9.90 Å². The molecule has 0 aromatic carbocycles. The maximum absolute atomic E-state index is 10.1. The van der Waals surface area contributed by atoms with E-state index < -0.39 is 11.5 Å². The minimum atomic E-state index is -1.10. The number of rotatable bonds is 2. The molecule has 0 aliphatic rings. The van der Waals surface area contributed by atoms with Crippen LogP contribution in [0.15, 0.2) is 0 Å². The van der Waals surface area contributed by atoms with Gasteiger partial charge in [0.15, 0.2) is 0 Å². The third-order valence-corrected chi connectivity index (χ3v) is 2.05. The summed E-state index contributed by atoms with van der Waals surface area (Å²) in [6, 6.07) is 0. The number of nitrogens with two attached hydrogens (primary N) is 1. The number of aliphatic carboxylic acids is 1. The average molecular weight is 181 g/mol. The van der Waals surface area contributed by atoms with Gasteiger partial charge in [-0.05, 0) is 0 Å². The molecule has 47 valence electrons. The Balaban J connectivity index is 3.91. The molecule has 8 heavy (non-hydrogen) atoms. The van der Waals surface area contributed by atoms with Crippen LogP contribution in [0.1, 0.15) is 6.92 Å². The SMILES string of the molecule is C[C@](N)(C[Se])C(=O)O. The van der Waals surface area contributed by atoms with E-state index in [4.69, 9.17) is 10.8 Å². The Morgan fingerprint density at radius 1 is 2.00 bits per heavy atom. The number of carboxylic acid groups (broad SMARTS) is 1. The van der Waals surface area contributed by atoms with Crippen molar-refractivity contribution in [2.24, 2.45) is 5.73 Å². The standard InChI is InChI=1S/C4H8NO2Se/c1-4(5,2-8)3(6)7/h2,5H2,1H3,(H,6,7)/t4-/m0/s1. The number of hydrogen-bond donors (Lipinski definition) is 2. The molecule has 0 aliphatic carbocycles. The molecular formula is C4H8NO2Se. The molecule has 3 N–H and O–H groups in total. The van der Waals surface area contributed by atoms with Crippen LogP contribution in [0.2, 0.25) is 5.32 Å². The van der Waals surface area contributed by atoms with Gasteiger partial charge < -0.3 is 0 Å². The predicted octanol–water partition coefficient (Wildman–Crippen LogP) is -0.625. The van der Waals surface area contributed by atoms with Gasteiger partial charge in [0.2, 0.25) is 0 Å². The summed E-state index contributed by atoms with van der Waals surface area (Å²) in [6.45, 7) is 1.46. The first kappa shape index (κ1) is 7.95. The van der Waals surface area contributed by atoms with Gasteiger partial charge in [-0.25, -0.2) is 0 Å². The Labute approximate surface area is 56.1 Å². The molecule has 0 heterocycles. The number of hydrogen-bond acceptors (Lipinski definition) is 2. The van der Waals surface area contributed by atoms with Gasteiger partial charge in [-0.15, -0.1) is 0 Å². The van der Waals surface area contributed by atoms with Crippen LogP contribution in [0.25, 0.3) is 0 Å². The van der Waals surface area contributed by atoms with Crippen molar-refractivity contribution in [1.82, 2.24) is 0 Å². The van der Waals surface area contributed by atoms with Crippen LogP contribution in [0.3, 0.4) is 0 Å². The van der Waals surface area contributed by atoms with Crippen molar-refractivity contribution >= 4 is 22.0 Å². The van der Waals surface area contributed by atoms with Crippen molar-refractivity contribution in [3.05, 3.63) is 0 Å². The fraction of sp³-hybridized carbons (Fsp3) is 0.750. The maximum atomic E-state index is 10.1.